The molecule has 1 amide bonds. The van der Waals surface area contributed by atoms with Crippen molar-refractivity contribution in [1.29, 1.82) is 0 Å². The molecule has 5 rings (SSSR count). The number of carbonyl (C=O) groups is 1. The van der Waals surface area contributed by atoms with Crippen LogP contribution in [-0.2, 0) is 0 Å². The second kappa shape index (κ2) is 7.59. The maximum atomic E-state index is 12.4. The van der Waals surface area contributed by atoms with Gasteiger partial charge in [-0.25, -0.2) is 4.68 Å². The maximum absolute atomic E-state index is 12.4. The zero-order chi connectivity index (χ0) is 20.7. The third kappa shape index (κ3) is 3.58. The zero-order valence-electron chi connectivity index (χ0n) is 15.6. The zero-order valence-corrected chi connectivity index (χ0v) is 17.2. The Morgan fingerprint density at radius 3 is 2.70 bits per heavy atom. The number of halogens is 2. The van der Waals surface area contributed by atoms with Crippen molar-refractivity contribution >= 4 is 51.5 Å². The van der Waals surface area contributed by atoms with Gasteiger partial charge in [0, 0.05) is 11.6 Å². The predicted molar refractivity (Wildman–Crippen MR) is 117 cm³/mol. The van der Waals surface area contributed by atoms with Crippen LogP contribution >= 0.6 is 23.2 Å². The molecule has 1 aliphatic rings. The number of benzene rings is 2. The molecule has 2 aromatic heterocycles. The normalized spacial score (nSPS) is 13.4. The minimum absolute atomic E-state index is 0.118. The number of para-hydroxylation sites is 1. The van der Waals surface area contributed by atoms with E-state index in [1.807, 2.05) is 18.2 Å². The van der Waals surface area contributed by atoms with E-state index in [9.17, 15) is 4.79 Å². The van der Waals surface area contributed by atoms with Crippen molar-refractivity contribution in [2.75, 3.05) is 5.32 Å². The van der Waals surface area contributed by atoms with Gasteiger partial charge in [0.15, 0.2) is 5.82 Å². The molecule has 2 heterocycles. The summed E-state index contributed by atoms with van der Waals surface area (Å²) in [5.41, 5.74) is 2.57. The Hall–Kier alpha value is -3.16. The van der Waals surface area contributed by atoms with E-state index < -0.39 is 0 Å². The number of amides is 1. The SMILES string of the molecule is O=C(NC1CC1)c1ccc(Cl)c(Nc2nncc3c2cnn3-c2ccccc2Cl)c1. The average Bonchev–Trinajstić information content (AvgIpc) is 3.45. The molecular weight excluding hydrogens is 423 g/mol. The molecule has 1 aliphatic carbocycles. The van der Waals surface area contributed by atoms with E-state index in [2.05, 4.69) is 25.9 Å². The number of anilines is 2. The Bertz CT molecular complexity index is 1270. The number of nitrogens with one attached hydrogen (secondary N) is 2. The monoisotopic (exact) mass is 438 g/mol. The highest BCUT2D eigenvalue weighted by Gasteiger charge is 2.24. The standard InChI is InChI=1S/C21H16Cl2N6O/c22-15-8-5-12(21(30)26-13-6-7-13)9-17(15)27-20-14-10-25-29(19(14)11-24-28-20)18-4-2-1-3-16(18)23/h1-5,8-11,13H,6-7H2,(H,26,30)(H,27,28). The lowest BCUT2D eigenvalue weighted by Gasteiger charge is -2.11. The van der Waals surface area contributed by atoms with Crippen LogP contribution in [0.1, 0.15) is 23.2 Å². The quantitative estimate of drug-likeness (QED) is 0.469. The first kappa shape index (κ1) is 18.8. The second-order valence-corrected chi connectivity index (χ2v) is 7.88. The Balaban J connectivity index is 1.50. The Kier molecular flexibility index (Phi) is 4.77. The molecule has 0 saturated heterocycles. The van der Waals surface area contributed by atoms with Crippen LogP contribution in [0, 0.1) is 0 Å². The number of hydrogen-bond donors (Lipinski definition) is 2. The number of carbonyl (C=O) groups excluding carboxylic acids is 1. The van der Waals surface area contributed by atoms with Gasteiger partial charge in [-0.05, 0) is 43.2 Å². The smallest absolute Gasteiger partial charge is 0.251 e. The molecule has 7 nitrogen and oxygen atoms in total. The summed E-state index contributed by atoms with van der Waals surface area (Å²) in [5, 5.41) is 20.7. The van der Waals surface area contributed by atoms with Crippen molar-refractivity contribution in [1.82, 2.24) is 25.3 Å². The van der Waals surface area contributed by atoms with Gasteiger partial charge >= 0.3 is 0 Å². The summed E-state index contributed by atoms with van der Waals surface area (Å²) in [5.74, 6) is 0.362. The molecule has 0 atom stereocenters. The highest BCUT2D eigenvalue weighted by atomic mass is 35.5. The fourth-order valence-corrected chi connectivity index (χ4v) is 3.53. The van der Waals surface area contributed by atoms with E-state index >= 15 is 0 Å². The van der Waals surface area contributed by atoms with Gasteiger partial charge < -0.3 is 10.6 Å². The minimum atomic E-state index is -0.118. The third-order valence-electron chi connectivity index (χ3n) is 4.87. The summed E-state index contributed by atoms with van der Waals surface area (Å²) >= 11 is 12.7. The predicted octanol–water partition coefficient (Wildman–Crippen LogP) is 4.76. The number of nitrogens with zero attached hydrogens (tertiary/aromatic N) is 4. The molecule has 30 heavy (non-hydrogen) atoms. The maximum Gasteiger partial charge on any atom is 0.251 e. The molecule has 9 heteroatoms. The van der Waals surface area contributed by atoms with Crippen LogP contribution in [0.25, 0.3) is 16.6 Å². The van der Waals surface area contributed by atoms with Gasteiger partial charge in [0.25, 0.3) is 5.91 Å². The van der Waals surface area contributed by atoms with Crippen LogP contribution < -0.4 is 10.6 Å². The van der Waals surface area contributed by atoms with Crippen LogP contribution in [0.3, 0.4) is 0 Å². The Morgan fingerprint density at radius 2 is 1.90 bits per heavy atom. The van der Waals surface area contributed by atoms with E-state index in [0.717, 1.165) is 29.4 Å². The van der Waals surface area contributed by atoms with Crippen molar-refractivity contribution < 1.29 is 4.79 Å². The topological polar surface area (TPSA) is 84.7 Å². The summed E-state index contributed by atoms with van der Waals surface area (Å²) in [4.78, 5) is 12.4. The first-order chi connectivity index (χ1) is 14.6. The van der Waals surface area contributed by atoms with Crippen molar-refractivity contribution in [2.45, 2.75) is 18.9 Å². The van der Waals surface area contributed by atoms with Crippen molar-refractivity contribution in [2.24, 2.45) is 0 Å². The fraction of sp³-hybridized carbons (Fsp3) is 0.143. The molecule has 0 unspecified atom stereocenters. The second-order valence-electron chi connectivity index (χ2n) is 7.07. The first-order valence-electron chi connectivity index (χ1n) is 9.42. The van der Waals surface area contributed by atoms with Gasteiger partial charge in [0.05, 0.1) is 44.7 Å². The summed E-state index contributed by atoms with van der Waals surface area (Å²) in [6.45, 7) is 0. The molecule has 1 saturated carbocycles. The number of hydrogen-bond acceptors (Lipinski definition) is 5. The lowest BCUT2D eigenvalue weighted by Crippen LogP contribution is -2.25. The average molecular weight is 439 g/mol. The summed E-state index contributed by atoms with van der Waals surface area (Å²) in [6.07, 6.45) is 5.36. The third-order valence-corrected chi connectivity index (χ3v) is 5.52. The summed E-state index contributed by atoms with van der Waals surface area (Å²) < 4.78 is 1.71. The van der Waals surface area contributed by atoms with Crippen LogP contribution in [0.2, 0.25) is 10.0 Å². The van der Waals surface area contributed by atoms with Gasteiger partial charge in [-0.2, -0.15) is 10.2 Å². The number of aromatic nitrogens is 4. The van der Waals surface area contributed by atoms with Gasteiger partial charge in [-0.3, -0.25) is 4.79 Å². The van der Waals surface area contributed by atoms with Crippen molar-refractivity contribution in [3.05, 3.63) is 70.5 Å². The Morgan fingerprint density at radius 1 is 1.07 bits per heavy atom. The first-order valence-corrected chi connectivity index (χ1v) is 10.2. The highest BCUT2D eigenvalue weighted by Crippen LogP contribution is 2.31. The van der Waals surface area contributed by atoms with E-state index in [-0.39, 0.29) is 11.9 Å². The minimum Gasteiger partial charge on any atom is -0.349 e. The van der Waals surface area contributed by atoms with Gasteiger partial charge in [0.2, 0.25) is 0 Å². The molecule has 150 valence electrons. The molecule has 0 radical (unpaired) electrons. The van der Waals surface area contributed by atoms with Crippen LogP contribution in [0.15, 0.2) is 54.9 Å². The molecule has 0 spiro atoms. The van der Waals surface area contributed by atoms with Crippen LogP contribution in [0.5, 0.6) is 0 Å². The van der Waals surface area contributed by atoms with Gasteiger partial charge in [-0.1, -0.05) is 35.3 Å². The van der Waals surface area contributed by atoms with Crippen molar-refractivity contribution in [3.8, 4) is 5.69 Å². The summed E-state index contributed by atoms with van der Waals surface area (Å²) in [6, 6.07) is 12.8. The summed E-state index contributed by atoms with van der Waals surface area (Å²) in [7, 11) is 0. The lowest BCUT2D eigenvalue weighted by atomic mass is 10.2. The fourth-order valence-electron chi connectivity index (χ4n) is 3.15. The van der Waals surface area contributed by atoms with E-state index in [0.29, 0.717) is 27.1 Å². The van der Waals surface area contributed by atoms with E-state index in [1.54, 1.807) is 41.3 Å². The molecule has 2 N–H and O–H groups in total. The number of fused-ring (bicyclic) bond motifs is 1. The number of rotatable bonds is 5. The Labute approximate surface area is 182 Å². The molecule has 2 aromatic carbocycles. The molecule has 1 fully saturated rings. The van der Waals surface area contributed by atoms with Crippen LogP contribution in [-0.4, -0.2) is 31.9 Å². The molecule has 0 aliphatic heterocycles. The van der Waals surface area contributed by atoms with Crippen molar-refractivity contribution in [3.63, 3.8) is 0 Å². The van der Waals surface area contributed by atoms with Gasteiger partial charge in [-0.15, -0.1) is 5.10 Å². The molecule has 0 bridgehead atoms. The molecule has 4 aromatic rings. The van der Waals surface area contributed by atoms with E-state index in [4.69, 9.17) is 23.2 Å². The molecular formula is C21H16Cl2N6O. The van der Waals surface area contributed by atoms with E-state index in [1.165, 1.54) is 0 Å². The van der Waals surface area contributed by atoms with Gasteiger partial charge in [0.1, 0.15) is 0 Å². The largest absolute Gasteiger partial charge is 0.349 e. The highest BCUT2D eigenvalue weighted by molar-refractivity contribution is 6.33. The lowest BCUT2D eigenvalue weighted by molar-refractivity contribution is 0.0951. The van der Waals surface area contributed by atoms with Crippen LogP contribution in [0.4, 0.5) is 11.5 Å².